The molecule has 4 fully saturated rings. The summed E-state index contributed by atoms with van der Waals surface area (Å²) in [7, 11) is 6.98. The SMILES string of the molecule is C/C=C1/CN(C)[C@H]2Cc3c([nH]c4ccccc34)[C@H](c3c(OC)ccc4c5c([nH]c34)[C@]3(C(=O)OC)C[C@H]4C[C@H](CC)[C@@H]3N(CC5)C4)C[C@@H]1C2C(=O)OC. The number of hydrogen-bond acceptors (Lipinski definition) is 7. The highest BCUT2D eigenvalue weighted by Gasteiger charge is 2.63. The lowest BCUT2D eigenvalue weighted by Gasteiger charge is -2.57. The fraction of sp³-hybridized carbons (Fsp3) is 0.535. The maximum Gasteiger partial charge on any atom is 0.319 e. The summed E-state index contributed by atoms with van der Waals surface area (Å²) in [5, 5.41) is 2.35. The third-order valence-electron chi connectivity index (χ3n) is 14.2. The van der Waals surface area contributed by atoms with Crippen LogP contribution in [0.5, 0.6) is 5.75 Å². The van der Waals surface area contributed by atoms with Crippen LogP contribution in [0.1, 0.15) is 73.5 Å². The second-order valence-corrected chi connectivity index (χ2v) is 16.3. The van der Waals surface area contributed by atoms with Crippen LogP contribution in [-0.4, -0.2) is 91.8 Å². The number of methoxy groups -OCH3 is 3. The minimum atomic E-state index is -0.756. The fourth-order valence-electron chi connectivity index (χ4n) is 12.1. The minimum Gasteiger partial charge on any atom is -0.496 e. The van der Waals surface area contributed by atoms with Gasteiger partial charge < -0.3 is 24.2 Å². The molecule has 6 bridgehead atoms. The van der Waals surface area contributed by atoms with Gasteiger partial charge in [0.1, 0.15) is 11.2 Å². The number of carbonyl (C=O) groups excluding carboxylic acids is 2. The molecule has 4 aliphatic heterocycles. The number of likely N-dealkylation sites (N-methyl/N-ethyl adjacent to an activating group) is 1. The van der Waals surface area contributed by atoms with Crippen molar-refractivity contribution >= 4 is 33.7 Å². The van der Waals surface area contributed by atoms with E-state index in [2.05, 4.69) is 83.1 Å². The van der Waals surface area contributed by atoms with E-state index >= 15 is 0 Å². The van der Waals surface area contributed by atoms with Gasteiger partial charge in [-0.25, -0.2) is 0 Å². The van der Waals surface area contributed by atoms with Gasteiger partial charge in [0.2, 0.25) is 0 Å². The number of nitrogens with zero attached hydrogens (tertiary/aromatic N) is 2. The lowest BCUT2D eigenvalue weighted by atomic mass is 9.56. The predicted octanol–water partition coefficient (Wildman–Crippen LogP) is 6.49. The van der Waals surface area contributed by atoms with Gasteiger partial charge in [0.05, 0.1) is 32.8 Å². The van der Waals surface area contributed by atoms with Gasteiger partial charge in [-0.1, -0.05) is 43.2 Å². The molecule has 6 heterocycles. The maximum atomic E-state index is 14.4. The fourth-order valence-corrected chi connectivity index (χ4v) is 12.1. The number of aromatic amines is 2. The van der Waals surface area contributed by atoms with Crippen molar-refractivity contribution in [2.24, 2.45) is 23.7 Å². The van der Waals surface area contributed by atoms with Crippen LogP contribution in [0.3, 0.4) is 0 Å². The number of nitrogens with one attached hydrogen (secondary N) is 2. The van der Waals surface area contributed by atoms with E-state index in [1.54, 1.807) is 14.2 Å². The van der Waals surface area contributed by atoms with Crippen LogP contribution >= 0.6 is 0 Å². The summed E-state index contributed by atoms with van der Waals surface area (Å²) in [5.41, 5.74) is 8.43. The molecule has 10 rings (SSSR count). The minimum absolute atomic E-state index is 0.00427. The zero-order valence-electron chi connectivity index (χ0n) is 31.4. The number of rotatable bonds is 5. The van der Waals surface area contributed by atoms with Crippen LogP contribution in [-0.2, 0) is 37.3 Å². The Morgan fingerprint density at radius 2 is 1.85 bits per heavy atom. The summed E-state index contributed by atoms with van der Waals surface area (Å²) in [6, 6.07) is 13.0. The van der Waals surface area contributed by atoms with Gasteiger partial charge in [-0.2, -0.15) is 0 Å². The molecule has 2 aromatic heterocycles. The Bertz CT molecular complexity index is 2110. The van der Waals surface area contributed by atoms with Gasteiger partial charge in [-0.3, -0.25) is 19.4 Å². The van der Waals surface area contributed by atoms with E-state index in [4.69, 9.17) is 14.2 Å². The van der Waals surface area contributed by atoms with Crippen LogP contribution in [0.2, 0.25) is 0 Å². The van der Waals surface area contributed by atoms with Crippen molar-refractivity contribution in [1.82, 2.24) is 19.8 Å². The van der Waals surface area contributed by atoms with E-state index in [0.29, 0.717) is 18.3 Å². The average Bonchev–Trinajstić information content (AvgIpc) is 3.70. The van der Waals surface area contributed by atoms with E-state index in [1.165, 1.54) is 41.3 Å². The quantitative estimate of drug-likeness (QED) is 0.181. The number of likely N-dealkylation sites (tertiary alicyclic amines) is 1. The average molecular weight is 705 g/mol. The summed E-state index contributed by atoms with van der Waals surface area (Å²) in [6.07, 6.45) is 7.53. The van der Waals surface area contributed by atoms with Crippen molar-refractivity contribution in [3.63, 3.8) is 0 Å². The molecule has 9 atom stereocenters. The highest BCUT2D eigenvalue weighted by Crippen LogP contribution is 2.57. The molecule has 1 saturated carbocycles. The highest BCUT2D eigenvalue weighted by atomic mass is 16.5. The molecule has 2 N–H and O–H groups in total. The number of allylic oxidation sites excluding steroid dienone is 1. The largest absolute Gasteiger partial charge is 0.496 e. The molecule has 6 aliphatic rings. The number of hydrogen-bond donors (Lipinski definition) is 2. The number of benzene rings is 2. The number of carbonyl (C=O) groups is 2. The van der Waals surface area contributed by atoms with Gasteiger partial charge in [0.15, 0.2) is 0 Å². The molecular weight excluding hydrogens is 652 g/mol. The van der Waals surface area contributed by atoms with E-state index < -0.39 is 5.41 Å². The molecule has 0 amide bonds. The maximum absolute atomic E-state index is 14.4. The van der Waals surface area contributed by atoms with Gasteiger partial charge in [-0.05, 0) is 93.2 Å². The lowest BCUT2D eigenvalue weighted by molar-refractivity contribution is -0.162. The highest BCUT2D eigenvalue weighted by molar-refractivity contribution is 5.95. The molecule has 9 heteroatoms. The van der Waals surface area contributed by atoms with E-state index in [-0.39, 0.29) is 41.8 Å². The molecule has 0 spiro atoms. The van der Waals surface area contributed by atoms with Gasteiger partial charge in [0.25, 0.3) is 0 Å². The first-order valence-electron chi connectivity index (χ1n) is 19.3. The standard InChI is InChI=1S/C43H52N4O5/c1-7-24-17-23-20-43(42(49)52-6)39-28(15-16-47(21-23)40(24)43)27-13-14-34(50-4)36(38(27)45-39)31-18-29-25(8-2)22-46(3)33(35(29)41(48)51-5)19-30-26-11-9-10-12-32(26)44-37(30)31/h8-14,23-24,29,31,33,35,40,44-45H,7,15-22H2,1-6H3/b25-8-/t23-,24+,29+,31+,33+,35?,40+,43-/m1/s1. The Hall–Kier alpha value is -4.08. The zero-order chi connectivity index (χ0) is 36.1. The second-order valence-electron chi connectivity index (χ2n) is 16.3. The molecule has 274 valence electrons. The summed E-state index contributed by atoms with van der Waals surface area (Å²) >= 11 is 0. The van der Waals surface area contributed by atoms with Crippen molar-refractivity contribution in [3.8, 4) is 5.75 Å². The molecule has 52 heavy (non-hydrogen) atoms. The number of fused-ring (bicyclic) bond motifs is 9. The summed E-state index contributed by atoms with van der Waals surface area (Å²) < 4.78 is 17.7. The summed E-state index contributed by atoms with van der Waals surface area (Å²) in [5.74, 6) is 0.960. The van der Waals surface area contributed by atoms with Gasteiger partial charge in [-0.15, -0.1) is 0 Å². The third-order valence-corrected chi connectivity index (χ3v) is 14.2. The number of ether oxygens (including phenoxy) is 3. The number of aromatic nitrogens is 2. The van der Waals surface area contributed by atoms with Crippen LogP contribution in [0.15, 0.2) is 48.0 Å². The monoisotopic (exact) mass is 704 g/mol. The first-order chi connectivity index (χ1) is 25.3. The molecule has 2 unspecified atom stereocenters. The summed E-state index contributed by atoms with van der Waals surface area (Å²) in [4.78, 5) is 41.2. The number of esters is 2. The van der Waals surface area contributed by atoms with E-state index in [0.717, 1.165) is 78.7 Å². The normalized spacial score (nSPS) is 33.2. The molecule has 2 aromatic carbocycles. The molecule has 2 aliphatic carbocycles. The topological polar surface area (TPSA) is 99.9 Å². The van der Waals surface area contributed by atoms with Gasteiger partial charge in [0, 0.05) is 70.9 Å². The van der Waals surface area contributed by atoms with E-state index in [1.807, 2.05) is 0 Å². The van der Waals surface area contributed by atoms with Crippen LogP contribution in [0.4, 0.5) is 0 Å². The van der Waals surface area contributed by atoms with Crippen molar-refractivity contribution in [2.45, 2.75) is 75.8 Å². The number of para-hydroxylation sites is 1. The first-order valence-corrected chi connectivity index (χ1v) is 19.3. The molecule has 4 aromatic rings. The van der Waals surface area contributed by atoms with Crippen molar-refractivity contribution in [1.29, 1.82) is 0 Å². The number of H-pyrrole nitrogens is 2. The Kier molecular flexibility index (Phi) is 8.12. The lowest BCUT2D eigenvalue weighted by Crippen LogP contribution is -2.67. The van der Waals surface area contributed by atoms with Crippen molar-refractivity contribution in [3.05, 3.63) is 76.1 Å². The summed E-state index contributed by atoms with van der Waals surface area (Å²) in [6.45, 7) is 7.16. The molecule has 3 saturated heterocycles. The predicted molar refractivity (Wildman–Crippen MR) is 202 cm³/mol. The Morgan fingerprint density at radius 1 is 1.02 bits per heavy atom. The first kappa shape index (κ1) is 33.7. The second kappa shape index (κ2) is 12.5. The molecule has 9 nitrogen and oxygen atoms in total. The van der Waals surface area contributed by atoms with Crippen molar-refractivity contribution < 1.29 is 23.8 Å². The molecular formula is C43H52N4O5. The molecule has 0 radical (unpaired) electrons. The number of piperidine rings is 3. The van der Waals surface area contributed by atoms with Crippen LogP contribution in [0.25, 0.3) is 21.8 Å². The van der Waals surface area contributed by atoms with Crippen LogP contribution in [0, 0.1) is 23.7 Å². The Morgan fingerprint density at radius 3 is 2.60 bits per heavy atom. The Labute approximate surface area is 306 Å². The van der Waals surface area contributed by atoms with Crippen molar-refractivity contribution in [2.75, 3.05) is 48.0 Å². The Balaban J connectivity index is 1.32. The van der Waals surface area contributed by atoms with Crippen LogP contribution < -0.4 is 4.74 Å². The van der Waals surface area contributed by atoms with E-state index in [9.17, 15) is 9.59 Å². The third kappa shape index (κ3) is 4.60. The zero-order valence-corrected chi connectivity index (χ0v) is 31.4. The smallest absolute Gasteiger partial charge is 0.319 e. The van der Waals surface area contributed by atoms with Gasteiger partial charge >= 0.3 is 11.9 Å².